The summed E-state index contributed by atoms with van der Waals surface area (Å²) in [5.74, 6) is 2.80. The lowest BCUT2D eigenvalue weighted by atomic mass is 9.49. The Labute approximate surface area is 187 Å². The van der Waals surface area contributed by atoms with Gasteiger partial charge in [0.1, 0.15) is 5.01 Å². The number of carbonyl (C=O) groups excluding carboxylic acids is 1. The molecule has 1 aromatic carbocycles. The molecule has 2 heterocycles. The molecule has 4 bridgehead atoms. The van der Waals surface area contributed by atoms with Crippen molar-refractivity contribution in [2.75, 3.05) is 5.32 Å². The Morgan fingerprint density at radius 3 is 2.48 bits per heavy atom. The third kappa shape index (κ3) is 3.80. The van der Waals surface area contributed by atoms with E-state index >= 15 is 0 Å². The molecule has 0 saturated heterocycles. The van der Waals surface area contributed by atoms with Gasteiger partial charge >= 0.3 is 0 Å². The highest BCUT2D eigenvalue weighted by Crippen LogP contribution is 2.61. The number of amides is 1. The summed E-state index contributed by atoms with van der Waals surface area (Å²) in [6, 6.07) is 12.0. The van der Waals surface area contributed by atoms with Crippen molar-refractivity contribution in [3.8, 4) is 21.8 Å². The standard InChI is InChI=1S/C26H27N3OS/c30-24(14-26-11-17-7-18(12-26)9-19(8-17)13-26)28-22-5-1-3-20(10-22)23-16-31-25(29-23)21-4-2-6-27-15-21/h1-6,10,15-19H,7-9,11-14H2,(H,28,30). The first-order valence-electron chi connectivity index (χ1n) is 11.4. The van der Waals surface area contributed by atoms with Crippen molar-refractivity contribution in [2.24, 2.45) is 23.2 Å². The van der Waals surface area contributed by atoms with E-state index in [-0.39, 0.29) is 11.3 Å². The summed E-state index contributed by atoms with van der Waals surface area (Å²) in [5.41, 5.74) is 4.12. The normalized spacial score (nSPS) is 28.6. The van der Waals surface area contributed by atoms with E-state index in [0.29, 0.717) is 6.42 Å². The zero-order valence-corrected chi connectivity index (χ0v) is 18.4. The summed E-state index contributed by atoms with van der Waals surface area (Å²) in [6.07, 6.45) is 12.3. The number of pyridine rings is 1. The molecule has 31 heavy (non-hydrogen) atoms. The number of aromatic nitrogens is 2. The van der Waals surface area contributed by atoms with E-state index in [4.69, 9.17) is 4.98 Å². The number of carbonyl (C=O) groups is 1. The Morgan fingerprint density at radius 1 is 1.03 bits per heavy atom. The highest BCUT2D eigenvalue weighted by molar-refractivity contribution is 7.13. The lowest BCUT2D eigenvalue weighted by Gasteiger charge is -2.56. The number of nitrogens with zero attached hydrogens (tertiary/aromatic N) is 2. The predicted octanol–water partition coefficient (Wildman–Crippen LogP) is 6.42. The zero-order chi connectivity index (χ0) is 20.8. The van der Waals surface area contributed by atoms with E-state index in [0.717, 1.165) is 45.3 Å². The van der Waals surface area contributed by atoms with Gasteiger partial charge < -0.3 is 5.32 Å². The minimum Gasteiger partial charge on any atom is -0.326 e. The van der Waals surface area contributed by atoms with Crippen LogP contribution in [0.25, 0.3) is 21.8 Å². The summed E-state index contributed by atoms with van der Waals surface area (Å²) >= 11 is 1.62. The van der Waals surface area contributed by atoms with Gasteiger partial charge in [0.15, 0.2) is 0 Å². The van der Waals surface area contributed by atoms with Crippen LogP contribution in [0.3, 0.4) is 0 Å². The molecule has 3 aromatic rings. The van der Waals surface area contributed by atoms with Crippen molar-refractivity contribution in [2.45, 2.75) is 44.9 Å². The first kappa shape index (κ1) is 19.2. The molecule has 4 nitrogen and oxygen atoms in total. The molecule has 1 amide bonds. The lowest BCUT2D eigenvalue weighted by Crippen LogP contribution is -2.47. The van der Waals surface area contributed by atoms with E-state index in [1.54, 1.807) is 17.5 Å². The molecule has 4 aliphatic carbocycles. The summed E-state index contributed by atoms with van der Waals surface area (Å²) in [6.45, 7) is 0. The summed E-state index contributed by atoms with van der Waals surface area (Å²) in [7, 11) is 0. The van der Waals surface area contributed by atoms with Gasteiger partial charge in [-0.05, 0) is 86.0 Å². The number of hydrogen-bond acceptors (Lipinski definition) is 4. The SMILES string of the molecule is O=C(CC12CC3CC(CC(C3)C1)C2)Nc1cccc(-c2csc(-c3cccnc3)n2)c1. The Morgan fingerprint density at radius 2 is 1.77 bits per heavy atom. The summed E-state index contributed by atoms with van der Waals surface area (Å²) in [4.78, 5) is 22.0. The van der Waals surface area contributed by atoms with E-state index in [2.05, 4.69) is 21.7 Å². The number of hydrogen-bond donors (Lipinski definition) is 1. The van der Waals surface area contributed by atoms with Crippen molar-refractivity contribution < 1.29 is 4.79 Å². The first-order valence-corrected chi connectivity index (χ1v) is 12.3. The van der Waals surface area contributed by atoms with Crippen LogP contribution in [-0.4, -0.2) is 15.9 Å². The number of rotatable bonds is 5. The van der Waals surface area contributed by atoms with Crippen LogP contribution >= 0.6 is 11.3 Å². The van der Waals surface area contributed by atoms with Crippen LogP contribution in [0.5, 0.6) is 0 Å². The molecule has 5 heteroatoms. The van der Waals surface area contributed by atoms with Crippen LogP contribution in [0.1, 0.15) is 44.9 Å². The number of benzene rings is 1. The van der Waals surface area contributed by atoms with Crippen LogP contribution in [-0.2, 0) is 4.79 Å². The minimum atomic E-state index is 0.174. The first-order chi connectivity index (χ1) is 15.1. The van der Waals surface area contributed by atoms with Crippen molar-refractivity contribution in [1.82, 2.24) is 9.97 Å². The van der Waals surface area contributed by atoms with E-state index < -0.39 is 0 Å². The molecule has 1 N–H and O–H groups in total. The van der Waals surface area contributed by atoms with Crippen LogP contribution in [0, 0.1) is 23.2 Å². The molecular formula is C26H27N3OS. The van der Waals surface area contributed by atoms with Crippen LogP contribution in [0.15, 0.2) is 54.2 Å². The number of nitrogens with one attached hydrogen (secondary N) is 1. The van der Waals surface area contributed by atoms with E-state index in [1.165, 1.54) is 38.5 Å². The summed E-state index contributed by atoms with van der Waals surface area (Å²) < 4.78 is 0. The largest absolute Gasteiger partial charge is 0.326 e. The molecule has 0 unspecified atom stereocenters. The fourth-order valence-corrected chi connectivity index (χ4v) is 7.66. The van der Waals surface area contributed by atoms with Gasteiger partial charge in [-0.15, -0.1) is 11.3 Å². The maximum atomic E-state index is 13.0. The highest BCUT2D eigenvalue weighted by atomic mass is 32.1. The van der Waals surface area contributed by atoms with Crippen LogP contribution < -0.4 is 5.32 Å². The lowest BCUT2D eigenvalue weighted by molar-refractivity contribution is -0.124. The Kier molecular flexibility index (Phi) is 4.67. The van der Waals surface area contributed by atoms with Gasteiger partial charge in [0.05, 0.1) is 5.69 Å². The molecule has 2 aromatic heterocycles. The molecule has 158 valence electrons. The monoisotopic (exact) mass is 429 g/mol. The number of anilines is 1. The third-order valence-corrected chi connectivity index (χ3v) is 8.45. The summed E-state index contributed by atoms with van der Waals surface area (Å²) in [5, 5.41) is 6.22. The van der Waals surface area contributed by atoms with Gasteiger partial charge in [0.2, 0.25) is 5.91 Å². The maximum Gasteiger partial charge on any atom is 0.224 e. The van der Waals surface area contributed by atoms with Gasteiger partial charge in [0.25, 0.3) is 0 Å². The molecule has 7 rings (SSSR count). The second-order valence-corrected chi connectivity index (χ2v) is 10.9. The van der Waals surface area contributed by atoms with Crippen LogP contribution in [0.2, 0.25) is 0 Å². The van der Waals surface area contributed by atoms with Crippen molar-refractivity contribution >= 4 is 22.9 Å². The van der Waals surface area contributed by atoms with Gasteiger partial charge in [-0.1, -0.05) is 12.1 Å². The maximum absolute atomic E-state index is 13.0. The molecule has 4 aliphatic rings. The quantitative estimate of drug-likeness (QED) is 0.509. The molecule has 0 radical (unpaired) electrons. The molecular weight excluding hydrogens is 402 g/mol. The zero-order valence-electron chi connectivity index (χ0n) is 17.6. The highest BCUT2D eigenvalue weighted by Gasteiger charge is 2.51. The van der Waals surface area contributed by atoms with Crippen molar-refractivity contribution in [3.63, 3.8) is 0 Å². The molecule has 0 atom stereocenters. The van der Waals surface area contributed by atoms with Gasteiger partial charge in [0, 0.05) is 41.0 Å². The minimum absolute atomic E-state index is 0.174. The Balaban J connectivity index is 1.16. The average molecular weight is 430 g/mol. The molecule has 0 spiro atoms. The topological polar surface area (TPSA) is 54.9 Å². The fraction of sp³-hybridized carbons (Fsp3) is 0.423. The number of thiazole rings is 1. The van der Waals surface area contributed by atoms with Crippen molar-refractivity contribution in [1.29, 1.82) is 0 Å². The molecule has 4 fully saturated rings. The van der Waals surface area contributed by atoms with Crippen molar-refractivity contribution in [3.05, 3.63) is 54.2 Å². The second-order valence-electron chi connectivity index (χ2n) is 10.0. The fourth-order valence-electron chi connectivity index (χ4n) is 6.84. The Hall–Kier alpha value is -2.53. The van der Waals surface area contributed by atoms with E-state index in [1.807, 2.05) is 36.5 Å². The molecule has 0 aliphatic heterocycles. The molecule has 4 saturated carbocycles. The van der Waals surface area contributed by atoms with Crippen LogP contribution in [0.4, 0.5) is 5.69 Å². The van der Waals surface area contributed by atoms with Gasteiger partial charge in [-0.25, -0.2) is 4.98 Å². The predicted molar refractivity (Wildman–Crippen MR) is 125 cm³/mol. The smallest absolute Gasteiger partial charge is 0.224 e. The third-order valence-electron chi connectivity index (χ3n) is 7.56. The Bertz CT molecular complexity index is 1070. The van der Waals surface area contributed by atoms with E-state index in [9.17, 15) is 4.79 Å². The average Bonchev–Trinajstić information content (AvgIpc) is 3.23. The second kappa shape index (κ2) is 7.56. The van der Waals surface area contributed by atoms with Gasteiger partial charge in [-0.2, -0.15) is 0 Å². The van der Waals surface area contributed by atoms with Gasteiger partial charge in [-0.3, -0.25) is 9.78 Å².